The number of anilines is 2. The number of amides is 2. The van der Waals surface area contributed by atoms with Crippen molar-refractivity contribution in [3.63, 3.8) is 0 Å². The number of rotatable bonds is 3. The Labute approximate surface area is 147 Å². The summed E-state index contributed by atoms with van der Waals surface area (Å²) in [6, 6.07) is 15.3. The van der Waals surface area contributed by atoms with Crippen LogP contribution >= 0.6 is 0 Å². The van der Waals surface area contributed by atoms with Crippen LogP contribution in [0.2, 0.25) is 0 Å². The molecule has 2 unspecified atom stereocenters. The molecule has 2 aromatic carbocycles. The van der Waals surface area contributed by atoms with Gasteiger partial charge in [0.2, 0.25) is 5.91 Å². The Kier molecular flexibility index (Phi) is 3.92. The first-order valence-corrected chi connectivity index (χ1v) is 8.71. The van der Waals surface area contributed by atoms with Crippen LogP contribution in [-0.2, 0) is 4.79 Å². The third-order valence-electron chi connectivity index (χ3n) is 5.03. The number of benzene rings is 2. The van der Waals surface area contributed by atoms with Crippen molar-refractivity contribution in [2.24, 2.45) is 0 Å². The van der Waals surface area contributed by atoms with Gasteiger partial charge >= 0.3 is 0 Å². The van der Waals surface area contributed by atoms with E-state index >= 15 is 0 Å². The molecule has 2 heterocycles. The van der Waals surface area contributed by atoms with Gasteiger partial charge in [0, 0.05) is 12.1 Å². The molecule has 0 saturated carbocycles. The Morgan fingerprint density at radius 3 is 2.84 bits per heavy atom. The van der Waals surface area contributed by atoms with Crippen LogP contribution in [0.15, 0.2) is 48.5 Å². The van der Waals surface area contributed by atoms with Gasteiger partial charge in [-0.3, -0.25) is 9.59 Å². The molecule has 2 atom stereocenters. The predicted molar refractivity (Wildman–Crippen MR) is 97.8 cm³/mol. The van der Waals surface area contributed by atoms with Crippen molar-refractivity contribution >= 4 is 23.2 Å². The molecule has 1 fully saturated rings. The Morgan fingerprint density at radius 2 is 2.04 bits per heavy atom. The van der Waals surface area contributed by atoms with E-state index in [1.165, 1.54) is 0 Å². The summed E-state index contributed by atoms with van der Waals surface area (Å²) in [7, 11) is 0. The van der Waals surface area contributed by atoms with Crippen LogP contribution in [0.25, 0.3) is 0 Å². The highest BCUT2D eigenvalue weighted by atomic mass is 16.2. The second kappa shape index (κ2) is 6.24. The van der Waals surface area contributed by atoms with Gasteiger partial charge in [-0.15, -0.1) is 0 Å². The molecule has 128 valence electrons. The van der Waals surface area contributed by atoms with E-state index in [2.05, 4.69) is 15.5 Å². The van der Waals surface area contributed by atoms with Crippen LogP contribution in [0.3, 0.4) is 0 Å². The smallest absolute Gasteiger partial charge is 0.251 e. The van der Waals surface area contributed by atoms with E-state index in [4.69, 9.17) is 0 Å². The van der Waals surface area contributed by atoms with Gasteiger partial charge in [-0.25, -0.2) is 0 Å². The van der Waals surface area contributed by atoms with E-state index in [-0.39, 0.29) is 23.9 Å². The van der Waals surface area contributed by atoms with Crippen LogP contribution in [0.1, 0.15) is 41.7 Å². The van der Waals surface area contributed by atoms with E-state index in [1.54, 1.807) is 6.07 Å². The van der Waals surface area contributed by atoms with Crippen molar-refractivity contribution in [1.29, 1.82) is 0 Å². The molecule has 2 aliphatic heterocycles. The Bertz CT molecular complexity index is 819. The quantitative estimate of drug-likeness (QED) is 0.906. The fourth-order valence-electron chi connectivity index (χ4n) is 3.68. The van der Waals surface area contributed by atoms with Gasteiger partial charge in [0.15, 0.2) is 0 Å². The topological polar surface area (TPSA) is 61.4 Å². The van der Waals surface area contributed by atoms with Crippen LogP contribution in [-0.4, -0.2) is 24.4 Å². The molecule has 4 rings (SSSR count). The standard InChI is InChI=1S/C20H21N3O2/c1-13(14-6-3-2-4-7-14)21-19(24)15-9-10-17-16(12-15)22-20(25)18-8-5-11-23(17)18/h2-4,6-7,9-10,12-13,18H,5,8,11H2,1H3,(H,21,24)(H,22,25). The lowest BCUT2D eigenvalue weighted by molar-refractivity contribution is -0.117. The first-order chi connectivity index (χ1) is 12.1. The third kappa shape index (κ3) is 2.86. The Hall–Kier alpha value is -2.82. The average Bonchev–Trinajstić information content (AvgIpc) is 3.12. The SMILES string of the molecule is CC(NC(=O)c1ccc2c(c1)NC(=O)C1CCCN21)c1ccccc1. The van der Waals surface area contributed by atoms with E-state index in [1.807, 2.05) is 49.4 Å². The third-order valence-corrected chi connectivity index (χ3v) is 5.03. The van der Waals surface area contributed by atoms with Gasteiger partial charge in [0.05, 0.1) is 17.4 Å². The number of hydrogen-bond acceptors (Lipinski definition) is 3. The number of carbonyl (C=O) groups is 2. The monoisotopic (exact) mass is 335 g/mol. The summed E-state index contributed by atoms with van der Waals surface area (Å²) in [5, 5.41) is 5.96. The van der Waals surface area contributed by atoms with Gasteiger partial charge in [-0.2, -0.15) is 0 Å². The van der Waals surface area contributed by atoms with Gasteiger partial charge in [0.1, 0.15) is 6.04 Å². The summed E-state index contributed by atoms with van der Waals surface area (Å²) >= 11 is 0. The molecule has 0 aromatic heterocycles. The minimum absolute atomic E-state index is 0.0280. The molecule has 5 heteroatoms. The van der Waals surface area contributed by atoms with Gasteiger partial charge in [-0.1, -0.05) is 30.3 Å². The van der Waals surface area contributed by atoms with Crippen molar-refractivity contribution in [2.45, 2.75) is 31.8 Å². The van der Waals surface area contributed by atoms with E-state index in [9.17, 15) is 9.59 Å². The second-order valence-corrected chi connectivity index (χ2v) is 6.68. The molecule has 5 nitrogen and oxygen atoms in total. The molecule has 0 bridgehead atoms. The largest absolute Gasteiger partial charge is 0.358 e. The average molecular weight is 335 g/mol. The minimum Gasteiger partial charge on any atom is -0.358 e. The lowest BCUT2D eigenvalue weighted by Crippen LogP contribution is -2.44. The zero-order valence-corrected chi connectivity index (χ0v) is 14.2. The lowest BCUT2D eigenvalue weighted by atomic mass is 10.1. The summed E-state index contributed by atoms with van der Waals surface area (Å²) in [4.78, 5) is 27.0. The maximum absolute atomic E-state index is 12.6. The molecular formula is C20H21N3O2. The number of nitrogens with one attached hydrogen (secondary N) is 2. The van der Waals surface area contributed by atoms with Crippen molar-refractivity contribution in [3.05, 3.63) is 59.7 Å². The molecule has 2 aliphatic rings. The number of fused-ring (bicyclic) bond motifs is 3. The van der Waals surface area contributed by atoms with E-state index in [0.717, 1.165) is 36.3 Å². The van der Waals surface area contributed by atoms with Crippen molar-refractivity contribution in [3.8, 4) is 0 Å². The predicted octanol–water partition coefficient (Wildman–Crippen LogP) is 3.10. The molecule has 2 N–H and O–H groups in total. The number of hydrogen-bond donors (Lipinski definition) is 2. The van der Waals surface area contributed by atoms with Crippen LogP contribution in [0, 0.1) is 0 Å². The molecule has 0 aliphatic carbocycles. The number of nitrogens with zero attached hydrogens (tertiary/aromatic N) is 1. The first-order valence-electron chi connectivity index (χ1n) is 8.71. The lowest BCUT2D eigenvalue weighted by Gasteiger charge is -2.33. The maximum atomic E-state index is 12.6. The maximum Gasteiger partial charge on any atom is 0.251 e. The minimum atomic E-state index is -0.142. The summed E-state index contributed by atoms with van der Waals surface area (Å²) in [5.41, 5.74) is 3.35. The van der Waals surface area contributed by atoms with Crippen LogP contribution < -0.4 is 15.5 Å². The fourth-order valence-corrected chi connectivity index (χ4v) is 3.68. The molecular weight excluding hydrogens is 314 g/mol. The normalized spacial score (nSPS) is 19.6. The second-order valence-electron chi connectivity index (χ2n) is 6.68. The fraction of sp³-hybridized carbons (Fsp3) is 0.300. The summed E-state index contributed by atoms with van der Waals surface area (Å²) in [6.45, 7) is 2.85. The van der Waals surface area contributed by atoms with Crippen molar-refractivity contribution in [2.75, 3.05) is 16.8 Å². The zero-order chi connectivity index (χ0) is 17.4. The highest BCUT2D eigenvalue weighted by Crippen LogP contribution is 2.37. The van der Waals surface area contributed by atoms with Gasteiger partial charge < -0.3 is 15.5 Å². The molecule has 1 saturated heterocycles. The highest BCUT2D eigenvalue weighted by molar-refractivity contribution is 6.06. The number of carbonyl (C=O) groups excluding carboxylic acids is 2. The summed E-state index contributed by atoms with van der Waals surface area (Å²) < 4.78 is 0. The molecule has 25 heavy (non-hydrogen) atoms. The summed E-state index contributed by atoms with van der Waals surface area (Å²) in [5.74, 6) is -0.114. The van der Waals surface area contributed by atoms with Crippen molar-refractivity contribution < 1.29 is 9.59 Å². The van der Waals surface area contributed by atoms with E-state index in [0.29, 0.717) is 5.56 Å². The van der Waals surface area contributed by atoms with Crippen molar-refractivity contribution in [1.82, 2.24) is 5.32 Å². The van der Waals surface area contributed by atoms with Crippen LogP contribution in [0.4, 0.5) is 11.4 Å². The Balaban J connectivity index is 1.55. The molecule has 0 radical (unpaired) electrons. The molecule has 2 aromatic rings. The first kappa shape index (κ1) is 15.7. The van der Waals surface area contributed by atoms with E-state index < -0.39 is 0 Å². The zero-order valence-electron chi connectivity index (χ0n) is 14.2. The summed E-state index contributed by atoms with van der Waals surface area (Å²) in [6.07, 6.45) is 1.91. The van der Waals surface area contributed by atoms with Crippen LogP contribution in [0.5, 0.6) is 0 Å². The molecule has 2 amide bonds. The Morgan fingerprint density at radius 1 is 1.24 bits per heavy atom. The van der Waals surface area contributed by atoms with Gasteiger partial charge in [0.25, 0.3) is 5.91 Å². The highest BCUT2D eigenvalue weighted by Gasteiger charge is 2.36. The van der Waals surface area contributed by atoms with Gasteiger partial charge in [-0.05, 0) is 43.5 Å². The molecule has 0 spiro atoms.